The number of aromatic nitrogens is 2. The van der Waals surface area contributed by atoms with Crippen LogP contribution in [0.5, 0.6) is 0 Å². The topological polar surface area (TPSA) is 42.3 Å². The van der Waals surface area contributed by atoms with Crippen LogP contribution in [0.1, 0.15) is 65.2 Å². The molecule has 3 aromatic carbocycles. The van der Waals surface area contributed by atoms with E-state index < -0.39 is 8.07 Å². The van der Waals surface area contributed by atoms with Crippen LogP contribution in [0.15, 0.2) is 101 Å². The zero-order valence-electron chi connectivity index (χ0n) is 29.2. The fraction of sp³-hybridized carbons (Fsp3) is 0.279. The quantitative estimate of drug-likeness (QED) is 0.139. The summed E-state index contributed by atoms with van der Waals surface area (Å²) >= 11 is 0. The van der Waals surface area contributed by atoms with Crippen molar-refractivity contribution >= 4 is 41.0 Å². The molecule has 2 unspecified atom stereocenters. The summed E-state index contributed by atoms with van der Waals surface area (Å²) in [5.41, 5.74) is 16.3. The van der Waals surface area contributed by atoms with E-state index in [4.69, 9.17) is 14.4 Å². The largest absolute Gasteiger partial charge is 0.437 e. The molecule has 0 bridgehead atoms. The van der Waals surface area contributed by atoms with Crippen LogP contribution in [0.4, 0.5) is 0 Å². The van der Waals surface area contributed by atoms with Crippen LogP contribution in [-0.2, 0) is 6.42 Å². The highest BCUT2D eigenvalue weighted by Gasteiger charge is 2.42. The molecule has 2 aliphatic heterocycles. The zero-order valence-corrected chi connectivity index (χ0v) is 30.2. The maximum atomic E-state index is 6.50. The van der Waals surface area contributed by atoms with Gasteiger partial charge in [-0.15, -0.1) is 0 Å². The first-order chi connectivity index (χ1) is 23.0. The van der Waals surface area contributed by atoms with Crippen molar-refractivity contribution in [3.8, 4) is 22.4 Å². The number of hydrogen-bond donors (Lipinski definition) is 0. The van der Waals surface area contributed by atoms with Crippen LogP contribution in [0.2, 0.25) is 19.6 Å². The third kappa shape index (κ3) is 4.90. The highest BCUT2D eigenvalue weighted by Crippen LogP contribution is 2.45. The number of fused-ring (bicyclic) bond motifs is 11. The van der Waals surface area contributed by atoms with E-state index in [1.165, 1.54) is 49.8 Å². The Morgan fingerprint density at radius 2 is 1.58 bits per heavy atom. The average Bonchev–Trinajstić information content (AvgIpc) is 3.40. The van der Waals surface area contributed by atoms with Crippen molar-refractivity contribution < 1.29 is 8.98 Å². The minimum atomic E-state index is -1.76. The SMILES string of the molecule is C=C1CC2C(CCc3ccc4c(oc5nc(C)ccc54)c3C(C)=N1)c1ccccc1-c1cc(-c3c(C)cccc3C)c([Si](C)(C)C)c[n+]12. The predicted molar refractivity (Wildman–Crippen MR) is 202 cm³/mol. The smallest absolute Gasteiger partial charge is 0.227 e. The standard InChI is InChI=1S/C43H44N3OSi/c1-25-12-11-13-26(2)40(25)36-23-38-32-15-10-9-14-31(32)33-20-17-30-18-21-34-35-19-16-27(3)45-43(35)47-42(34)41(30)29(5)44-28(4)22-37(33)46(38)24-39(36)48(6,7)8/h9-16,18-19,21,23-24,33,37H,4,17,20,22H2,1-3,5-8H3/q+1. The van der Waals surface area contributed by atoms with Crippen molar-refractivity contribution in [3.63, 3.8) is 0 Å². The van der Waals surface area contributed by atoms with Crippen molar-refractivity contribution in [2.75, 3.05) is 0 Å². The normalized spacial score (nSPS) is 17.8. The number of pyridine rings is 2. The highest BCUT2D eigenvalue weighted by atomic mass is 28.3. The van der Waals surface area contributed by atoms with Crippen LogP contribution in [0, 0.1) is 20.8 Å². The second-order valence-corrected chi connectivity index (χ2v) is 20.1. The Kier molecular flexibility index (Phi) is 7.19. The third-order valence-electron chi connectivity index (χ3n) is 10.7. The molecule has 6 aromatic rings. The van der Waals surface area contributed by atoms with Crippen molar-refractivity contribution in [1.82, 2.24) is 4.98 Å². The zero-order chi connectivity index (χ0) is 33.5. The molecule has 3 aromatic heterocycles. The number of rotatable bonds is 2. The Hall–Kier alpha value is -4.61. The number of benzene rings is 3. The third-order valence-corrected chi connectivity index (χ3v) is 12.7. The Balaban J connectivity index is 1.33. The lowest BCUT2D eigenvalue weighted by Crippen LogP contribution is -2.53. The summed E-state index contributed by atoms with van der Waals surface area (Å²) in [7, 11) is -1.76. The van der Waals surface area contributed by atoms with Crippen LogP contribution < -0.4 is 9.75 Å². The van der Waals surface area contributed by atoms with Crippen molar-refractivity contribution in [3.05, 3.63) is 125 Å². The molecule has 2 aliphatic rings. The van der Waals surface area contributed by atoms with E-state index in [9.17, 15) is 0 Å². The molecule has 2 atom stereocenters. The minimum Gasteiger partial charge on any atom is -0.437 e. The van der Waals surface area contributed by atoms with Gasteiger partial charge >= 0.3 is 0 Å². The van der Waals surface area contributed by atoms with Gasteiger partial charge in [0.25, 0.3) is 0 Å². The number of nitrogens with zero attached hydrogens (tertiary/aromatic N) is 3. The number of allylic oxidation sites excluding steroid dienone is 1. The molecule has 0 N–H and O–H groups in total. The molecule has 0 amide bonds. The molecule has 0 fully saturated rings. The molecule has 48 heavy (non-hydrogen) atoms. The molecule has 240 valence electrons. The van der Waals surface area contributed by atoms with Crippen LogP contribution in [0.25, 0.3) is 44.5 Å². The van der Waals surface area contributed by atoms with Crippen LogP contribution in [-0.4, -0.2) is 18.8 Å². The fourth-order valence-electron chi connectivity index (χ4n) is 8.50. The summed E-state index contributed by atoms with van der Waals surface area (Å²) < 4.78 is 9.12. The van der Waals surface area contributed by atoms with E-state index in [0.29, 0.717) is 11.6 Å². The molecule has 4 nitrogen and oxygen atoms in total. The molecule has 5 heterocycles. The molecule has 0 saturated heterocycles. The maximum Gasteiger partial charge on any atom is 0.227 e. The second-order valence-electron chi connectivity index (χ2n) is 15.1. The number of hydrogen-bond acceptors (Lipinski definition) is 3. The second kappa shape index (κ2) is 11.2. The summed E-state index contributed by atoms with van der Waals surface area (Å²) in [6.07, 6.45) is 5.27. The van der Waals surface area contributed by atoms with E-state index in [-0.39, 0.29) is 6.04 Å². The molecular weight excluding hydrogens is 603 g/mol. The van der Waals surface area contributed by atoms with Gasteiger partial charge in [-0.25, -0.2) is 4.98 Å². The first-order valence-electron chi connectivity index (χ1n) is 17.3. The lowest BCUT2D eigenvalue weighted by Gasteiger charge is -2.33. The van der Waals surface area contributed by atoms with Crippen LogP contribution >= 0.6 is 0 Å². The Bertz CT molecular complexity index is 2320. The van der Waals surface area contributed by atoms with Crippen molar-refractivity contribution in [2.45, 2.75) is 78.6 Å². The van der Waals surface area contributed by atoms with Gasteiger partial charge in [0.1, 0.15) is 5.58 Å². The molecule has 5 heteroatoms. The van der Waals surface area contributed by atoms with Gasteiger partial charge in [-0.1, -0.05) is 74.8 Å². The Labute approximate surface area is 284 Å². The molecule has 0 spiro atoms. The van der Waals surface area contributed by atoms with E-state index in [2.05, 4.69) is 131 Å². The molecule has 0 radical (unpaired) electrons. The van der Waals surface area contributed by atoms with E-state index in [1.807, 2.05) is 6.92 Å². The van der Waals surface area contributed by atoms with Crippen molar-refractivity contribution in [1.29, 1.82) is 0 Å². The number of aliphatic imine (C=N–C) groups is 1. The highest BCUT2D eigenvalue weighted by molar-refractivity contribution is 6.89. The minimum absolute atomic E-state index is 0.213. The Morgan fingerprint density at radius 3 is 2.35 bits per heavy atom. The van der Waals surface area contributed by atoms with E-state index in [1.54, 1.807) is 0 Å². The summed E-state index contributed by atoms with van der Waals surface area (Å²) in [6, 6.07) is 27.2. The summed E-state index contributed by atoms with van der Waals surface area (Å²) in [6.45, 7) is 20.7. The summed E-state index contributed by atoms with van der Waals surface area (Å²) in [4.78, 5) is 9.95. The molecule has 0 saturated carbocycles. The van der Waals surface area contributed by atoms with Gasteiger partial charge in [-0.3, -0.25) is 4.99 Å². The van der Waals surface area contributed by atoms with Gasteiger partial charge in [0, 0.05) is 56.2 Å². The Morgan fingerprint density at radius 1 is 0.833 bits per heavy atom. The van der Waals surface area contributed by atoms with E-state index in [0.717, 1.165) is 58.3 Å². The number of aryl methyl sites for hydroxylation is 4. The van der Waals surface area contributed by atoms with Gasteiger partial charge in [0.15, 0.2) is 12.2 Å². The predicted octanol–water partition coefficient (Wildman–Crippen LogP) is 10.1. The summed E-state index contributed by atoms with van der Waals surface area (Å²) in [5, 5.41) is 3.65. The molecule has 0 aliphatic carbocycles. The number of furan rings is 1. The monoisotopic (exact) mass is 646 g/mol. The van der Waals surface area contributed by atoms with Gasteiger partial charge in [0.2, 0.25) is 11.4 Å². The lowest BCUT2D eigenvalue weighted by molar-refractivity contribution is -0.717. The van der Waals surface area contributed by atoms with Crippen molar-refractivity contribution in [2.24, 2.45) is 4.99 Å². The average molecular weight is 647 g/mol. The lowest BCUT2D eigenvalue weighted by atomic mass is 9.77. The summed E-state index contributed by atoms with van der Waals surface area (Å²) in [5.74, 6) is 0.313. The van der Waals surface area contributed by atoms with Gasteiger partial charge < -0.3 is 4.42 Å². The van der Waals surface area contributed by atoms with Crippen LogP contribution in [0.3, 0.4) is 0 Å². The van der Waals surface area contributed by atoms with Gasteiger partial charge in [-0.2, -0.15) is 4.57 Å². The van der Waals surface area contributed by atoms with Gasteiger partial charge in [-0.05, 0) is 92.1 Å². The van der Waals surface area contributed by atoms with E-state index >= 15 is 0 Å². The fourth-order valence-corrected chi connectivity index (χ4v) is 10.0. The molecule has 8 rings (SSSR count). The first-order valence-corrected chi connectivity index (χ1v) is 20.8. The first kappa shape index (κ1) is 30.7. The molecular formula is C43H44N3OSi+. The van der Waals surface area contributed by atoms with Gasteiger partial charge in [0.05, 0.1) is 14.5 Å². The maximum absolute atomic E-state index is 6.50.